The molecular weight excluding hydrogens is 212 g/mol. The van der Waals surface area contributed by atoms with Crippen LogP contribution in [0.4, 0.5) is 0 Å². The lowest BCUT2D eigenvalue weighted by atomic mass is 10.1. The predicted octanol–water partition coefficient (Wildman–Crippen LogP) is 4.02. The molecule has 0 aromatic rings. The summed E-state index contributed by atoms with van der Waals surface area (Å²) in [5, 5.41) is 0.834. The highest BCUT2D eigenvalue weighted by molar-refractivity contribution is 9.09. The van der Waals surface area contributed by atoms with Crippen molar-refractivity contribution in [3.8, 4) is 0 Å². The normalized spacial score (nSPS) is 10.8. The molecular formula is C11H15Br. The van der Waals surface area contributed by atoms with Gasteiger partial charge in [-0.1, -0.05) is 52.9 Å². The molecule has 0 saturated carbocycles. The van der Waals surface area contributed by atoms with Crippen molar-refractivity contribution in [2.45, 2.75) is 13.8 Å². The molecule has 0 aliphatic carbocycles. The van der Waals surface area contributed by atoms with Crippen molar-refractivity contribution < 1.29 is 0 Å². The van der Waals surface area contributed by atoms with Gasteiger partial charge in [0.1, 0.15) is 0 Å². The minimum Gasteiger partial charge on any atom is -0.0988 e. The maximum Gasteiger partial charge on any atom is 0.0283 e. The van der Waals surface area contributed by atoms with Crippen molar-refractivity contribution in [3.05, 3.63) is 48.1 Å². The summed E-state index contributed by atoms with van der Waals surface area (Å²) >= 11 is 3.39. The molecule has 12 heavy (non-hydrogen) atoms. The van der Waals surface area contributed by atoms with Crippen LogP contribution in [0.1, 0.15) is 13.8 Å². The fraction of sp³-hybridized carbons (Fsp3) is 0.273. The largest absolute Gasteiger partial charge is 0.0988 e. The molecule has 66 valence electrons. The lowest BCUT2D eigenvalue weighted by molar-refractivity contribution is 1.33. The molecule has 0 aromatic carbocycles. The van der Waals surface area contributed by atoms with Crippen LogP contribution < -0.4 is 0 Å². The van der Waals surface area contributed by atoms with Crippen molar-refractivity contribution in [3.63, 3.8) is 0 Å². The molecule has 0 nitrogen and oxygen atoms in total. The average Bonchev–Trinajstić information content (AvgIpc) is 2.06. The van der Waals surface area contributed by atoms with Crippen molar-refractivity contribution in [1.29, 1.82) is 0 Å². The summed E-state index contributed by atoms with van der Waals surface area (Å²) in [5.41, 5.74) is 3.61. The number of hydrogen-bond donors (Lipinski definition) is 0. The Balaban J connectivity index is 4.79. The zero-order valence-electron chi connectivity index (χ0n) is 7.73. The van der Waals surface area contributed by atoms with Crippen LogP contribution in [0.2, 0.25) is 0 Å². The smallest absolute Gasteiger partial charge is 0.0283 e. The fourth-order valence-corrected chi connectivity index (χ4v) is 1.15. The molecule has 0 fully saturated rings. The van der Waals surface area contributed by atoms with Crippen LogP contribution in [0.25, 0.3) is 0 Å². The first kappa shape index (κ1) is 11.4. The van der Waals surface area contributed by atoms with E-state index in [-0.39, 0.29) is 0 Å². The monoisotopic (exact) mass is 226 g/mol. The predicted molar refractivity (Wildman–Crippen MR) is 60.6 cm³/mol. The van der Waals surface area contributed by atoms with Crippen LogP contribution in [0, 0.1) is 0 Å². The first-order valence-electron chi connectivity index (χ1n) is 3.84. The highest BCUT2D eigenvalue weighted by atomic mass is 79.9. The summed E-state index contributed by atoms with van der Waals surface area (Å²) in [7, 11) is 0. The van der Waals surface area contributed by atoms with Gasteiger partial charge in [0.15, 0.2) is 0 Å². The van der Waals surface area contributed by atoms with E-state index in [9.17, 15) is 0 Å². The summed E-state index contributed by atoms with van der Waals surface area (Å²) < 4.78 is 0. The SMILES string of the molecule is C=CC(/C=C(\C=C)CBr)=C(C)C. The zero-order chi connectivity index (χ0) is 9.56. The van der Waals surface area contributed by atoms with Crippen LogP contribution in [0.15, 0.2) is 48.1 Å². The highest BCUT2D eigenvalue weighted by Crippen LogP contribution is 2.11. The quantitative estimate of drug-likeness (QED) is 0.502. The second kappa shape index (κ2) is 6.01. The van der Waals surface area contributed by atoms with Crippen molar-refractivity contribution in [2.75, 3.05) is 5.33 Å². The van der Waals surface area contributed by atoms with Gasteiger partial charge in [0.2, 0.25) is 0 Å². The molecule has 0 aliphatic rings. The second-order valence-corrected chi connectivity index (χ2v) is 3.28. The minimum atomic E-state index is 0.834. The molecule has 0 N–H and O–H groups in total. The van der Waals surface area contributed by atoms with Crippen LogP contribution in [0.5, 0.6) is 0 Å². The van der Waals surface area contributed by atoms with Crippen LogP contribution in [-0.4, -0.2) is 5.33 Å². The summed E-state index contributed by atoms with van der Waals surface area (Å²) in [5.74, 6) is 0. The fourth-order valence-electron chi connectivity index (χ4n) is 0.759. The van der Waals surface area contributed by atoms with Crippen molar-refractivity contribution in [1.82, 2.24) is 0 Å². The topological polar surface area (TPSA) is 0 Å². The Morgan fingerprint density at radius 1 is 1.25 bits per heavy atom. The summed E-state index contributed by atoms with van der Waals surface area (Å²) in [6.07, 6.45) is 5.80. The highest BCUT2D eigenvalue weighted by Gasteiger charge is 1.92. The minimum absolute atomic E-state index is 0.834. The van der Waals surface area contributed by atoms with E-state index < -0.39 is 0 Å². The van der Waals surface area contributed by atoms with Gasteiger partial charge in [0, 0.05) is 5.33 Å². The Hall–Kier alpha value is -0.560. The lowest BCUT2D eigenvalue weighted by Gasteiger charge is -2.00. The molecule has 0 bridgehead atoms. The summed E-state index contributed by atoms with van der Waals surface area (Å²) in [6.45, 7) is 11.6. The Bertz CT molecular complexity index is 227. The molecule has 0 aromatic heterocycles. The molecule has 0 heterocycles. The van der Waals surface area contributed by atoms with Crippen LogP contribution in [-0.2, 0) is 0 Å². The third kappa shape index (κ3) is 3.72. The van der Waals surface area contributed by atoms with E-state index in [2.05, 4.69) is 49.0 Å². The molecule has 0 amide bonds. The molecule has 0 saturated heterocycles. The standard InChI is InChI=1S/C11H15Br/c1-5-10(8-12)7-11(6-2)9(3)4/h5-7H,1-2,8H2,3-4H3/b10-7+. The van der Waals surface area contributed by atoms with Gasteiger partial charge in [-0.2, -0.15) is 0 Å². The molecule has 0 unspecified atom stereocenters. The number of hydrogen-bond acceptors (Lipinski definition) is 0. The molecule has 0 rings (SSSR count). The Kier molecular flexibility index (Phi) is 5.73. The maximum absolute atomic E-state index is 3.75. The van der Waals surface area contributed by atoms with Gasteiger partial charge < -0.3 is 0 Å². The molecule has 0 aliphatic heterocycles. The van der Waals surface area contributed by atoms with Gasteiger partial charge in [0.25, 0.3) is 0 Å². The van der Waals surface area contributed by atoms with E-state index in [1.165, 1.54) is 16.7 Å². The number of alkyl halides is 1. The van der Waals surface area contributed by atoms with E-state index in [0.29, 0.717) is 0 Å². The lowest BCUT2D eigenvalue weighted by Crippen LogP contribution is -1.82. The van der Waals surface area contributed by atoms with E-state index in [0.717, 1.165) is 5.33 Å². The number of rotatable bonds is 4. The Morgan fingerprint density at radius 3 is 2.08 bits per heavy atom. The van der Waals surface area contributed by atoms with Gasteiger partial charge in [0.05, 0.1) is 0 Å². The van der Waals surface area contributed by atoms with Crippen molar-refractivity contribution in [2.24, 2.45) is 0 Å². The molecule has 0 atom stereocenters. The maximum atomic E-state index is 3.75. The average molecular weight is 227 g/mol. The third-order valence-corrected chi connectivity index (χ3v) is 2.20. The van der Waals surface area contributed by atoms with Crippen molar-refractivity contribution >= 4 is 15.9 Å². The summed E-state index contributed by atoms with van der Waals surface area (Å²) in [4.78, 5) is 0. The Labute approximate surface area is 83.5 Å². The van der Waals surface area contributed by atoms with Crippen LogP contribution in [0.3, 0.4) is 0 Å². The number of allylic oxidation sites excluding steroid dienone is 6. The molecule has 0 radical (unpaired) electrons. The zero-order valence-corrected chi connectivity index (χ0v) is 9.32. The van der Waals surface area contributed by atoms with E-state index in [1.807, 2.05) is 12.2 Å². The summed E-state index contributed by atoms with van der Waals surface area (Å²) in [6, 6.07) is 0. The van der Waals surface area contributed by atoms with E-state index in [4.69, 9.17) is 0 Å². The molecule has 0 spiro atoms. The Morgan fingerprint density at radius 2 is 1.83 bits per heavy atom. The van der Waals surface area contributed by atoms with Gasteiger partial charge in [-0.05, 0) is 25.0 Å². The molecule has 1 heteroatoms. The van der Waals surface area contributed by atoms with Crippen LogP contribution >= 0.6 is 15.9 Å². The second-order valence-electron chi connectivity index (χ2n) is 2.72. The van der Waals surface area contributed by atoms with Gasteiger partial charge in [-0.15, -0.1) is 0 Å². The first-order chi connectivity index (χ1) is 5.65. The first-order valence-corrected chi connectivity index (χ1v) is 4.96. The van der Waals surface area contributed by atoms with E-state index >= 15 is 0 Å². The number of halogens is 1. The van der Waals surface area contributed by atoms with E-state index in [1.54, 1.807) is 0 Å². The van der Waals surface area contributed by atoms with Gasteiger partial charge in [-0.3, -0.25) is 0 Å². The van der Waals surface area contributed by atoms with Gasteiger partial charge in [-0.25, -0.2) is 0 Å². The van der Waals surface area contributed by atoms with Gasteiger partial charge >= 0.3 is 0 Å². The third-order valence-electron chi connectivity index (χ3n) is 1.55.